The largest absolute Gasteiger partial charge is 0.494 e. The fourth-order valence-corrected chi connectivity index (χ4v) is 2.23. The zero-order valence-electron chi connectivity index (χ0n) is 14.2. The standard InChI is InChI=1S/C19H22N2O3/c1-4-23-17-10-6-9-16(11-17)12-20-21-18(22)13-24-19-14(2)7-5-8-15(19)3/h5-12H,4,13H2,1-3H3,(H,21,22)/b20-12-. The van der Waals surface area contributed by atoms with Gasteiger partial charge in [0, 0.05) is 0 Å². The Balaban J connectivity index is 1.86. The first-order chi connectivity index (χ1) is 11.6. The number of ether oxygens (including phenoxy) is 2. The molecule has 0 aliphatic rings. The number of hydrogen-bond acceptors (Lipinski definition) is 4. The number of nitrogens with zero attached hydrogens (tertiary/aromatic N) is 1. The van der Waals surface area contributed by atoms with Crippen molar-refractivity contribution in [1.82, 2.24) is 5.43 Å². The highest BCUT2D eigenvalue weighted by atomic mass is 16.5. The molecule has 24 heavy (non-hydrogen) atoms. The van der Waals surface area contributed by atoms with E-state index in [1.54, 1.807) is 6.21 Å². The predicted molar refractivity (Wildman–Crippen MR) is 94.8 cm³/mol. The van der Waals surface area contributed by atoms with Crippen molar-refractivity contribution < 1.29 is 14.3 Å². The van der Waals surface area contributed by atoms with Gasteiger partial charge in [-0.25, -0.2) is 5.43 Å². The highest BCUT2D eigenvalue weighted by Crippen LogP contribution is 2.21. The number of nitrogens with one attached hydrogen (secondary N) is 1. The normalized spacial score (nSPS) is 10.6. The summed E-state index contributed by atoms with van der Waals surface area (Å²) < 4.78 is 11.0. The zero-order valence-corrected chi connectivity index (χ0v) is 14.2. The first-order valence-corrected chi connectivity index (χ1v) is 7.84. The Labute approximate surface area is 142 Å². The highest BCUT2D eigenvalue weighted by Gasteiger charge is 2.06. The first kappa shape index (κ1) is 17.5. The number of carbonyl (C=O) groups excluding carboxylic acids is 1. The molecule has 2 rings (SSSR count). The van der Waals surface area contributed by atoms with Crippen molar-refractivity contribution in [3.63, 3.8) is 0 Å². The van der Waals surface area contributed by atoms with Gasteiger partial charge in [0.2, 0.25) is 0 Å². The number of benzene rings is 2. The smallest absolute Gasteiger partial charge is 0.277 e. The van der Waals surface area contributed by atoms with E-state index in [4.69, 9.17) is 9.47 Å². The van der Waals surface area contributed by atoms with E-state index in [9.17, 15) is 4.79 Å². The molecule has 0 aliphatic heterocycles. The molecule has 0 heterocycles. The van der Waals surface area contributed by atoms with Crippen molar-refractivity contribution in [1.29, 1.82) is 0 Å². The number of para-hydroxylation sites is 1. The zero-order chi connectivity index (χ0) is 17.4. The van der Waals surface area contributed by atoms with E-state index in [0.717, 1.165) is 28.2 Å². The summed E-state index contributed by atoms with van der Waals surface area (Å²) in [5.74, 6) is 1.20. The van der Waals surface area contributed by atoms with Crippen molar-refractivity contribution in [2.75, 3.05) is 13.2 Å². The average Bonchev–Trinajstić information content (AvgIpc) is 2.55. The minimum absolute atomic E-state index is 0.0813. The molecule has 0 radical (unpaired) electrons. The molecule has 2 aromatic carbocycles. The molecule has 0 unspecified atom stereocenters. The lowest BCUT2D eigenvalue weighted by molar-refractivity contribution is -0.123. The summed E-state index contributed by atoms with van der Waals surface area (Å²) in [4.78, 5) is 11.8. The molecule has 0 saturated carbocycles. The quantitative estimate of drug-likeness (QED) is 0.628. The van der Waals surface area contributed by atoms with Gasteiger partial charge in [0.15, 0.2) is 6.61 Å². The van der Waals surface area contributed by atoms with E-state index in [1.807, 2.05) is 63.2 Å². The Morgan fingerprint density at radius 1 is 1.12 bits per heavy atom. The summed E-state index contributed by atoms with van der Waals surface area (Å²) in [6.07, 6.45) is 1.57. The Hall–Kier alpha value is -2.82. The maximum atomic E-state index is 11.8. The van der Waals surface area contributed by atoms with Crippen LogP contribution in [0, 0.1) is 13.8 Å². The van der Waals surface area contributed by atoms with E-state index >= 15 is 0 Å². The van der Waals surface area contributed by atoms with E-state index in [0.29, 0.717) is 6.61 Å². The Morgan fingerprint density at radius 3 is 2.54 bits per heavy atom. The van der Waals surface area contributed by atoms with Crippen molar-refractivity contribution in [3.8, 4) is 11.5 Å². The lowest BCUT2D eigenvalue weighted by Crippen LogP contribution is -2.25. The summed E-state index contributed by atoms with van der Waals surface area (Å²) in [6, 6.07) is 13.3. The third-order valence-corrected chi connectivity index (χ3v) is 3.33. The van der Waals surface area contributed by atoms with Gasteiger partial charge < -0.3 is 9.47 Å². The minimum atomic E-state index is -0.310. The molecule has 126 valence electrons. The van der Waals surface area contributed by atoms with Gasteiger partial charge in [-0.15, -0.1) is 0 Å². The Kier molecular flexibility index (Phi) is 6.37. The fraction of sp³-hybridized carbons (Fsp3) is 0.263. The van der Waals surface area contributed by atoms with Crippen molar-refractivity contribution in [2.24, 2.45) is 5.10 Å². The predicted octanol–water partition coefficient (Wildman–Crippen LogP) is 3.23. The number of carbonyl (C=O) groups is 1. The molecule has 0 fully saturated rings. The van der Waals surface area contributed by atoms with Gasteiger partial charge in [0.25, 0.3) is 5.91 Å². The third-order valence-electron chi connectivity index (χ3n) is 3.33. The summed E-state index contributed by atoms with van der Waals surface area (Å²) in [5.41, 5.74) is 5.30. The van der Waals surface area contributed by atoms with Gasteiger partial charge in [0.05, 0.1) is 12.8 Å². The van der Waals surface area contributed by atoms with Crippen LogP contribution in [-0.2, 0) is 4.79 Å². The molecular formula is C19H22N2O3. The van der Waals surface area contributed by atoms with Gasteiger partial charge in [-0.1, -0.05) is 30.3 Å². The molecular weight excluding hydrogens is 304 g/mol. The van der Waals surface area contributed by atoms with Crippen molar-refractivity contribution in [3.05, 3.63) is 59.2 Å². The summed E-state index contributed by atoms with van der Waals surface area (Å²) >= 11 is 0. The van der Waals surface area contributed by atoms with E-state index in [-0.39, 0.29) is 12.5 Å². The number of rotatable bonds is 7. The average molecular weight is 326 g/mol. The second-order valence-corrected chi connectivity index (χ2v) is 5.31. The van der Waals surface area contributed by atoms with Gasteiger partial charge in [0.1, 0.15) is 11.5 Å². The van der Waals surface area contributed by atoms with Gasteiger partial charge >= 0.3 is 0 Å². The van der Waals surface area contributed by atoms with Crippen molar-refractivity contribution >= 4 is 12.1 Å². The van der Waals surface area contributed by atoms with E-state index < -0.39 is 0 Å². The molecule has 1 amide bonds. The lowest BCUT2D eigenvalue weighted by Gasteiger charge is -2.10. The number of hydrogen-bond donors (Lipinski definition) is 1. The molecule has 0 spiro atoms. The maximum absolute atomic E-state index is 11.8. The monoisotopic (exact) mass is 326 g/mol. The molecule has 0 atom stereocenters. The molecule has 0 aliphatic carbocycles. The molecule has 0 aromatic heterocycles. The van der Waals surface area contributed by atoms with Gasteiger partial charge in [-0.2, -0.15) is 5.10 Å². The summed E-state index contributed by atoms with van der Waals surface area (Å²) in [7, 11) is 0. The van der Waals surface area contributed by atoms with Crippen LogP contribution in [-0.4, -0.2) is 25.3 Å². The third kappa shape index (κ3) is 5.12. The Morgan fingerprint density at radius 2 is 1.83 bits per heavy atom. The molecule has 5 heteroatoms. The topological polar surface area (TPSA) is 59.9 Å². The van der Waals surface area contributed by atoms with Crippen molar-refractivity contribution in [2.45, 2.75) is 20.8 Å². The second-order valence-electron chi connectivity index (χ2n) is 5.31. The van der Waals surface area contributed by atoms with Crippen LogP contribution in [0.1, 0.15) is 23.6 Å². The first-order valence-electron chi connectivity index (χ1n) is 7.84. The van der Waals surface area contributed by atoms with Crippen LogP contribution < -0.4 is 14.9 Å². The van der Waals surface area contributed by atoms with Crippen LogP contribution in [0.5, 0.6) is 11.5 Å². The number of aryl methyl sites for hydroxylation is 2. The van der Waals surface area contributed by atoms with Gasteiger partial charge in [-0.3, -0.25) is 4.79 Å². The summed E-state index contributed by atoms with van der Waals surface area (Å²) in [5, 5.41) is 3.94. The molecule has 2 aromatic rings. The van der Waals surface area contributed by atoms with E-state index in [1.165, 1.54) is 0 Å². The van der Waals surface area contributed by atoms with Crippen LogP contribution in [0.2, 0.25) is 0 Å². The van der Waals surface area contributed by atoms with Crippen LogP contribution in [0.25, 0.3) is 0 Å². The van der Waals surface area contributed by atoms with Crippen LogP contribution in [0.15, 0.2) is 47.6 Å². The van der Waals surface area contributed by atoms with Gasteiger partial charge in [-0.05, 0) is 49.6 Å². The molecule has 0 bridgehead atoms. The highest BCUT2D eigenvalue weighted by molar-refractivity contribution is 5.83. The van der Waals surface area contributed by atoms with Crippen LogP contribution >= 0.6 is 0 Å². The maximum Gasteiger partial charge on any atom is 0.277 e. The van der Waals surface area contributed by atoms with Crippen LogP contribution in [0.3, 0.4) is 0 Å². The number of hydrazone groups is 1. The minimum Gasteiger partial charge on any atom is -0.494 e. The SMILES string of the molecule is CCOc1cccc(/C=N\NC(=O)COc2c(C)cccc2C)c1. The lowest BCUT2D eigenvalue weighted by atomic mass is 10.1. The Bertz CT molecular complexity index is 706. The molecule has 5 nitrogen and oxygen atoms in total. The van der Waals surface area contributed by atoms with E-state index in [2.05, 4.69) is 10.5 Å². The number of amides is 1. The second kappa shape index (κ2) is 8.72. The van der Waals surface area contributed by atoms with Crippen LogP contribution in [0.4, 0.5) is 0 Å². The fourth-order valence-electron chi connectivity index (χ4n) is 2.23. The molecule has 0 saturated heterocycles. The molecule has 1 N–H and O–H groups in total. The summed E-state index contributed by atoms with van der Waals surface area (Å²) in [6.45, 7) is 6.35.